The van der Waals surface area contributed by atoms with Crippen molar-refractivity contribution < 1.29 is 9.13 Å². The number of aryl methyl sites for hydroxylation is 2. The number of hydrogen-bond donors (Lipinski definition) is 0. The first-order valence-electron chi connectivity index (χ1n) is 9.67. The second-order valence-corrected chi connectivity index (χ2v) is 7.23. The Balaban J connectivity index is 1.90. The van der Waals surface area contributed by atoms with Crippen LogP contribution in [-0.4, -0.2) is 7.11 Å². The minimum Gasteiger partial charge on any atom is -0.497 e. The van der Waals surface area contributed by atoms with Gasteiger partial charge < -0.3 is 4.74 Å². The van der Waals surface area contributed by atoms with Gasteiger partial charge in [-0.2, -0.15) is 0 Å². The van der Waals surface area contributed by atoms with Crippen LogP contribution in [0, 0.1) is 11.7 Å². The monoisotopic (exact) mass is 340 g/mol. The fourth-order valence-electron chi connectivity index (χ4n) is 4.01. The number of hydrogen-bond acceptors (Lipinski definition) is 1. The van der Waals surface area contributed by atoms with Crippen LogP contribution < -0.4 is 4.74 Å². The SMILES string of the molecule is CCc1ccc(-c2cc(OC)ccc2F)c(CCC2CCCCC2)c1. The molecule has 0 radical (unpaired) electrons. The molecule has 2 aromatic carbocycles. The number of benzene rings is 2. The van der Waals surface area contributed by atoms with Crippen molar-refractivity contribution in [3.63, 3.8) is 0 Å². The summed E-state index contributed by atoms with van der Waals surface area (Å²) in [5.74, 6) is 1.36. The average Bonchev–Trinajstić information content (AvgIpc) is 2.67. The second kappa shape index (κ2) is 8.51. The highest BCUT2D eigenvalue weighted by molar-refractivity contribution is 5.70. The molecule has 0 N–H and O–H groups in total. The van der Waals surface area contributed by atoms with E-state index < -0.39 is 0 Å². The Morgan fingerprint density at radius 1 is 1.00 bits per heavy atom. The van der Waals surface area contributed by atoms with E-state index in [1.54, 1.807) is 13.2 Å². The number of methoxy groups -OCH3 is 1. The third kappa shape index (κ3) is 4.42. The van der Waals surface area contributed by atoms with Crippen LogP contribution in [0.15, 0.2) is 36.4 Å². The lowest BCUT2D eigenvalue weighted by atomic mass is 9.84. The van der Waals surface area contributed by atoms with Gasteiger partial charge in [0.05, 0.1) is 7.11 Å². The maximum Gasteiger partial charge on any atom is 0.131 e. The molecular weight excluding hydrogens is 311 g/mol. The normalized spacial score (nSPS) is 15.3. The Kier molecular flexibility index (Phi) is 6.12. The molecule has 0 aliphatic heterocycles. The lowest BCUT2D eigenvalue weighted by molar-refractivity contribution is 0.339. The van der Waals surface area contributed by atoms with Crippen LogP contribution in [0.3, 0.4) is 0 Å². The summed E-state index contributed by atoms with van der Waals surface area (Å²) < 4.78 is 19.8. The Hall–Kier alpha value is -1.83. The molecule has 0 saturated heterocycles. The van der Waals surface area contributed by atoms with E-state index in [-0.39, 0.29) is 5.82 Å². The van der Waals surface area contributed by atoms with E-state index >= 15 is 0 Å². The summed E-state index contributed by atoms with van der Waals surface area (Å²) in [6.45, 7) is 2.17. The molecule has 0 atom stereocenters. The fourth-order valence-corrected chi connectivity index (χ4v) is 4.01. The smallest absolute Gasteiger partial charge is 0.131 e. The highest BCUT2D eigenvalue weighted by atomic mass is 19.1. The first kappa shape index (κ1) is 18.0. The Bertz CT molecular complexity index is 701. The van der Waals surface area contributed by atoms with E-state index in [1.807, 2.05) is 6.07 Å². The predicted octanol–water partition coefficient (Wildman–Crippen LogP) is 6.58. The van der Waals surface area contributed by atoms with Crippen molar-refractivity contribution in [3.8, 4) is 16.9 Å². The molecule has 0 aromatic heterocycles. The third-order valence-corrected chi connectivity index (χ3v) is 5.59. The van der Waals surface area contributed by atoms with E-state index in [0.29, 0.717) is 11.3 Å². The van der Waals surface area contributed by atoms with Gasteiger partial charge in [0.1, 0.15) is 11.6 Å². The van der Waals surface area contributed by atoms with Gasteiger partial charge in [-0.25, -0.2) is 4.39 Å². The maximum atomic E-state index is 14.5. The zero-order valence-electron chi connectivity index (χ0n) is 15.5. The molecule has 1 saturated carbocycles. The van der Waals surface area contributed by atoms with Crippen LogP contribution in [0.5, 0.6) is 5.75 Å². The van der Waals surface area contributed by atoms with E-state index in [9.17, 15) is 4.39 Å². The van der Waals surface area contributed by atoms with Crippen molar-refractivity contribution >= 4 is 0 Å². The molecule has 0 unspecified atom stereocenters. The van der Waals surface area contributed by atoms with Crippen molar-refractivity contribution in [2.75, 3.05) is 7.11 Å². The molecule has 2 heteroatoms. The lowest BCUT2D eigenvalue weighted by Crippen LogP contribution is -2.08. The standard InChI is InChI=1S/C23H29FO/c1-3-17-10-13-21(22-16-20(25-2)12-14-23(22)24)19(15-17)11-9-18-7-5-4-6-8-18/h10,12-16,18H,3-9,11H2,1-2H3. The van der Waals surface area contributed by atoms with Crippen LogP contribution in [0.2, 0.25) is 0 Å². The van der Waals surface area contributed by atoms with Gasteiger partial charge in [-0.05, 0) is 60.1 Å². The van der Waals surface area contributed by atoms with Gasteiger partial charge >= 0.3 is 0 Å². The molecule has 134 valence electrons. The van der Waals surface area contributed by atoms with Crippen LogP contribution in [0.1, 0.15) is 56.6 Å². The quantitative estimate of drug-likeness (QED) is 0.577. The lowest BCUT2D eigenvalue weighted by Gasteiger charge is -2.22. The van der Waals surface area contributed by atoms with Crippen molar-refractivity contribution in [2.45, 2.75) is 58.3 Å². The Labute approximate surface area is 151 Å². The number of halogens is 1. The average molecular weight is 340 g/mol. The minimum absolute atomic E-state index is 0.177. The summed E-state index contributed by atoms with van der Waals surface area (Å²) >= 11 is 0. The van der Waals surface area contributed by atoms with E-state index in [0.717, 1.165) is 24.3 Å². The van der Waals surface area contributed by atoms with Crippen LogP contribution in [0.4, 0.5) is 4.39 Å². The molecule has 1 aliphatic carbocycles. The highest BCUT2D eigenvalue weighted by Gasteiger charge is 2.16. The summed E-state index contributed by atoms with van der Waals surface area (Å²) in [6.07, 6.45) is 10.1. The topological polar surface area (TPSA) is 9.23 Å². The Morgan fingerprint density at radius 2 is 1.80 bits per heavy atom. The summed E-state index contributed by atoms with van der Waals surface area (Å²) in [5.41, 5.74) is 4.27. The van der Waals surface area contributed by atoms with Crippen LogP contribution in [-0.2, 0) is 12.8 Å². The van der Waals surface area contributed by atoms with Gasteiger partial charge in [0, 0.05) is 5.56 Å². The Morgan fingerprint density at radius 3 is 2.52 bits per heavy atom. The molecule has 1 nitrogen and oxygen atoms in total. The van der Waals surface area contributed by atoms with Crippen LogP contribution in [0.25, 0.3) is 11.1 Å². The maximum absolute atomic E-state index is 14.5. The van der Waals surface area contributed by atoms with E-state index in [2.05, 4.69) is 25.1 Å². The van der Waals surface area contributed by atoms with Gasteiger partial charge in [-0.3, -0.25) is 0 Å². The molecule has 0 spiro atoms. The van der Waals surface area contributed by atoms with Gasteiger partial charge in [-0.1, -0.05) is 57.2 Å². The number of rotatable bonds is 6. The minimum atomic E-state index is -0.177. The van der Waals surface area contributed by atoms with Gasteiger partial charge in [-0.15, -0.1) is 0 Å². The molecular formula is C23H29FO. The van der Waals surface area contributed by atoms with Gasteiger partial charge in [0.25, 0.3) is 0 Å². The molecule has 25 heavy (non-hydrogen) atoms. The second-order valence-electron chi connectivity index (χ2n) is 7.23. The molecule has 2 aromatic rings. The molecule has 0 heterocycles. The molecule has 3 rings (SSSR count). The van der Waals surface area contributed by atoms with Crippen LogP contribution >= 0.6 is 0 Å². The van der Waals surface area contributed by atoms with E-state index in [1.165, 1.54) is 55.7 Å². The third-order valence-electron chi connectivity index (χ3n) is 5.59. The first-order chi connectivity index (χ1) is 12.2. The van der Waals surface area contributed by atoms with Gasteiger partial charge in [0.2, 0.25) is 0 Å². The van der Waals surface area contributed by atoms with Gasteiger partial charge in [0.15, 0.2) is 0 Å². The molecule has 0 amide bonds. The van der Waals surface area contributed by atoms with Crippen molar-refractivity contribution in [3.05, 3.63) is 53.3 Å². The predicted molar refractivity (Wildman–Crippen MR) is 103 cm³/mol. The molecule has 0 bridgehead atoms. The largest absolute Gasteiger partial charge is 0.497 e. The highest BCUT2D eigenvalue weighted by Crippen LogP contribution is 2.33. The summed E-state index contributed by atoms with van der Waals surface area (Å²) in [5, 5.41) is 0. The number of ether oxygens (including phenoxy) is 1. The van der Waals surface area contributed by atoms with Crippen molar-refractivity contribution in [2.24, 2.45) is 5.92 Å². The zero-order valence-corrected chi connectivity index (χ0v) is 15.5. The van der Waals surface area contributed by atoms with Crippen molar-refractivity contribution in [1.29, 1.82) is 0 Å². The molecule has 1 fully saturated rings. The fraction of sp³-hybridized carbons (Fsp3) is 0.478. The summed E-state index contributed by atoms with van der Waals surface area (Å²) in [4.78, 5) is 0. The summed E-state index contributed by atoms with van der Waals surface area (Å²) in [7, 11) is 1.63. The molecule has 1 aliphatic rings. The zero-order chi connectivity index (χ0) is 17.6. The van der Waals surface area contributed by atoms with Crippen molar-refractivity contribution in [1.82, 2.24) is 0 Å². The van der Waals surface area contributed by atoms with E-state index in [4.69, 9.17) is 4.74 Å². The first-order valence-corrected chi connectivity index (χ1v) is 9.67. The summed E-state index contributed by atoms with van der Waals surface area (Å²) in [6, 6.07) is 11.5.